The number of alkyl halides is 1. The van der Waals surface area contributed by atoms with E-state index in [4.69, 9.17) is 4.74 Å². The van der Waals surface area contributed by atoms with E-state index in [2.05, 4.69) is 10.6 Å². The van der Waals surface area contributed by atoms with Crippen molar-refractivity contribution >= 4 is 6.03 Å². The summed E-state index contributed by atoms with van der Waals surface area (Å²) in [6, 6.07) is 13.1. The Balaban J connectivity index is 1.88. The normalized spacial score (nSPS) is 19.0. The Morgan fingerprint density at radius 2 is 1.87 bits per heavy atom. The molecule has 1 aliphatic heterocycles. The zero-order valence-corrected chi connectivity index (χ0v) is 18.3. The molecule has 31 heavy (non-hydrogen) atoms. The van der Waals surface area contributed by atoms with Crippen LogP contribution < -0.4 is 15.4 Å². The second-order valence-corrected chi connectivity index (χ2v) is 8.42. The fraction of sp³-hybridized carbons (Fsp3) is 0.458. The SMILES string of the molecule is COc1ccc(C(C)(C)N(C(=O)NCc2ccc(F)cc2)[C@H]2CCNC[C@H]2CF)cc1. The Morgan fingerprint density at radius 3 is 2.48 bits per heavy atom. The molecule has 0 aromatic heterocycles. The van der Waals surface area contributed by atoms with Gasteiger partial charge in [0, 0.05) is 25.0 Å². The Morgan fingerprint density at radius 1 is 1.19 bits per heavy atom. The lowest BCUT2D eigenvalue weighted by Gasteiger charge is -2.48. The van der Waals surface area contributed by atoms with Crippen molar-refractivity contribution < 1.29 is 18.3 Å². The van der Waals surface area contributed by atoms with Gasteiger partial charge in [-0.05, 0) is 62.2 Å². The molecule has 7 heteroatoms. The lowest BCUT2D eigenvalue weighted by atomic mass is 9.85. The van der Waals surface area contributed by atoms with Gasteiger partial charge >= 0.3 is 6.03 Å². The van der Waals surface area contributed by atoms with Crippen LogP contribution in [0.25, 0.3) is 0 Å². The van der Waals surface area contributed by atoms with E-state index >= 15 is 0 Å². The van der Waals surface area contributed by atoms with Gasteiger partial charge in [0.1, 0.15) is 11.6 Å². The predicted octanol–water partition coefficient (Wildman–Crippen LogP) is 4.23. The van der Waals surface area contributed by atoms with Crippen molar-refractivity contribution in [3.8, 4) is 5.75 Å². The van der Waals surface area contributed by atoms with E-state index in [1.54, 1.807) is 24.1 Å². The molecule has 0 saturated carbocycles. The fourth-order valence-corrected chi connectivity index (χ4v) is 4.23. The van der Waals surface area contributed by atoms with Gasteiger partial charge in [0.15, 0.2) is 0 Å². The Labute approximate surface area is 182 Å². The van der Waals surface area contributed by atoms with Crippen molar-refractivity contribution in [2.24, 2.45) is 5.92 Å². The number of piperidine rings is 1. The first-order chi connectivity index (χ1) is 14.9. The maximum atomic E-state index is 13.9. The summed E-state index contributed by atoms with van der Waals surface area (Å²) in [5.74, 6) is 0.121. The average molecular weight is 432 g/mol. The van der Waals surface area contributed by atoms with Gasteiger partial charge in [-0.15, -0.1) is 0 Å². The van der Waals surface area contributed by atoms with E-state index in [9.17, 15) is 13.6 Å². The number of hydrogen-bond donors (Lipinski definition) is 2. The number of rotatable bonds is 7. The summed E-state index contributed by atoms with van der Waals surface area (Å²) < 4.78 is 32.3. The van der Waals surface area contributed by atoms with E-state index in [0.29, 0.717) is 13.0 Å². The van der Waals surface area contributed by atoms with Crippen molar-refractivity contribution in [1.29, 1.82) is 0 Å². The van der Waals surface area contributed by atoms with Crippen molar-refractivity contribution in [3.63, 3.8) is 0 Å². The van der Waals surface area contributed by atoms with Gasteiger partial charge in [0.2, 0.25) is 0 Å². The highest BCUT2D eigenvalue weighted by Gasteiger charge is 2.42. The number of methoxy groups -OCH3 is 1. The first-order valence-corrected chi connectivity index (χ1v) is 10.6. The van der Waals surface area contributed by atoms with E-state index in [1.165, 1.54) is 12.1 Å². The summed E-state index contributed by atoms with van der Waals surface area (Å²) in [5.41, 5.74) is 1.04. The van der Waals surface area contributed by atoms with Crippen molar-refractivity contribution in [3.05, 3.63) is 65.5 Å². The molecule has 3 rings (SSSR count). The molecule has 1 aliphatic rings. The highest BCUT2D eigenvalue weighted by Crippen LogP contribution is 2.35. The van der Waals surface area contributed by atoms with Crippen molar-refractivity contribution in [2.75, 3.05) is 26.9 Å². The minimum Gasteiger partial charge on any atom is -0.497 e. The third kappa shape index (κ3) is 5.34. The number of nitrogens with zero attached hydrogens (tertiary/aromatic N) is 1. The van der Waals surface area contributed by atoms with Crippen LogP contribution in [0.4, 0.5) is 13.6 Å². The maximum Gasteiger partial charge on any atom is 0.318 e. The number of benzene rings is 2. The molecule has 0 bridgehead atoms. The number of ether oxygens (including phenoxy) is 1. The van der Waals surface area contributed by atoms with Crippen molar-refractivity contribution in [1.82, 2.24) is 15.5 Å². The molecule has 0 aliphatic carbocycles. The highest BCUT2D eigenvalue weighted by atomic mass is 19.1. The number of urea groups is 1. The van der Waals surface area contributed by atoms with Crippen LogP contribution in [0.2, 0.25) is 0 Å². The third-order valence-electron chi connectivity index (χ3n) is 6.07. The number of carbonyl (C=O) groups excluding carboxylic acids is 1. The van der Waals surface area contributed by atoms with E-state index in [1.807, 2.05) is 38.1 Å². The zero-order valence-electron chi connectivity index (χ0n) is 18.3. The third-order valence-corrected chi connectivity index (χ3v) is 6.07. The standard InChI is InChI=1S/C24H31F2N3O2/c1-24(2,19-6-10-21(31-3)11-7-19)29(22-12-13-27-16-18(22)14-25)23(30)28-15-17-4-8-20(26)9-5-17/h4-11,18,22,27H,12-16H2,1-3H3,(H,28,30)/t18-,22+/m1/s1. The molecule has 2 aromatic carbocycles. The van der Waals surface area contributed by atoms with Gasteiger partial charge in [-0.1, -0.05) is 24.3 Å². The van der Waals surface area contributed by atoms with Gasteiger partial charge in [0.05, 0.1) is 19.3 Å². The molecule has 2 aromatic rings. The van der Waals surface area contributed by atoms with Crippen LogP contribution >= 0.6 is 0 Å². The summed E-state index contributed by atoms with van der Waals surface area (Å²) in [6.45, 7) is 4.97. The molecule has 0 spiro atoms. The molecule has 2 N–H and O–H groups in total. The zero-order chi connectivity index (χ0) is 22.4. The molecule has 1 saturated heterocycles. The molecule has 0 radical (unpaired) electrons. The second-order valence-electron chi connectivity index (χ2n) is 8.42. The Hall–Kier alpha value is -2.67. The molecular formula is C24H31F2N3O2. The summed E-state index contributed by atoms with van der Waals surface area (Å²) in [5, 5.41) is 6.18. The van der Waals surface area contributed by atoms with Crippen molar-refractivity contribution in [2.45, 2.75) is 38.4 Å². The lowest BCUT2D eigenvalue weighted by molar-refractivity contribution is 0.0461. The molecule has 168 valence electrons. The van der Waals surface area contributed by atoms with E-state index < -0.39 is 12.2 Å². The monoisotopic (exact) mass is 431 g/mol. The summed E-state index contributed by atoms with van der Waals surface area (Å²) in [7, 11) is 1.61. The van der Waals surface area contributed by atoms with Gasteiger partial charge < -0.3 is 20.3 Å². The quantitative estimate of drug-likeness (QED) is 0.690. The number of carbonyl (C=O) groups is 1. The number of halogens is 2. The largest absolute Gasteiger partial charge is 0.497 e. The van der Waals surface area contributed by atoms with Gasteiger partial charge in [0.25, 0.3) is 0 Å². The van der Waals surface area contributed by atoms with Crippen LogP contribution in [0.15, 0.2) is 48.5 Å². The minimum atomic E-state index is -0.686. The average Bonchev–Trinajstić information content (AvgIpc) is 2.79. The minimum absolute atomic E-state index is 0.253. The Kier molecular flexibility index (Phi) is 7.49. The summed E-state index contributed by atoms with van der Waals surface area (Å²) in [6.07, 6.45) is 0.665. The summed E-state index contributed by atoms with van der Waals surface area (Å²) >= 11 is 0. The Bertz CT molecular complexity index is 856. The van der Waals surface area contributed by atoms with Crippen LogP contribution in [0.3, 0.4) is 0 Å². The van der Waals surface area contributed by atoms with Gasteiger partial charge in [-0.25, -0.2) is 9.18 Å². The topological polar surface area (TPSA) is 53.6 Å². The lowest BCUT2D eigenvalue weighted by Crippen LogP contribution is -2.60. The van der Waals surface area contributed by atoms with Gasteiger partial charge in [-0.2, -0.15) is 0 Å². The molecule has 1 heterocycles. The maximum absolute atomic E-state index is 13.9. The smallest absolute Gasteiger partial charge is 0.318 e. The second kappa shape index (κ2) is 10.1. The van der Waals surface area contributed by atoms with Gasteiger partial charge in [-0.3, -0.25) is 4.39 Å². The first kappa shape index (κ1) is 23.0. The fourth-order valence-electron chi connectivity index (χ4n) is 4.23. The van der Waals surface area contributed by atoms with E-state index in [0.717, 1.165) is 23.4 Å². The number of hydrogen-bond acceptors (Lipinski definition) is 3. The van der Waals surface area contributed by atoms with E-state index in [-0.39, 0.29) is 30.4 Å². The molecule has 0 unspecified atom stereocenters. The summed E-state index contributed by atoms with van der Waals surface area (Å²) in [4.78, 5) is 15.2. The number of amides is 2. The van der Waals surface area contributed by atoms with Crippen LogP contribution in [-0.4, -0.2) is 43.8 Å². The number of nitrogens with one attached hydrogen (secondary N) is 2. The molecule has 2 amide bonds. The molecule has 1 fully saturated rings. The van der Waals surface area contributed by atoms with Crippen LogP contribution in [-0.2, 0) is 12.1 Å². The first-order valence-electron chi connectivity index (χ1n) is 10.6. The van der Waals surface area contributed by atoms with Crippen LogP contribution in [0.1, 0.15) is 31.4 Å². The molecular weight excluding hydrogens is 400 g/mol. The highest BCUT2D eigenvalue weighted by molar-refractivity contribution is 5.76. The van der Waals surface area contributed by atoms with Crippen LogP contribution in [0, 0.1) is 11.7 Å². The van der Waals surface area contributed by atoms with Crippen LogP contribution in [0.5, 0.6) is 5.75 Å². The predicted molar refractivity (Wildman–Crippen MR) is 117 cm³/mol. The molecule has 2 atom stereocenters. The molecule has 5 nitrogen and oxygen atoms in total.